The highest BCUT2D eigenvalue weighted by molar-refractivity contribution is 7.08. The third-order valence-electron chi connectivity index (χ3n) is 2.27. The van der Waals surface area contributed by atoms with Crippen LogP contribution in [0, 0.1) is 6.92 Å². The molecule has 0 radical (unpaired) electrons. The summed E-state index contributed by atoms with van der Waals surface area (Å²) in [6.45, 7) is 4.44. The number of carbonyl (C=O) groups is 1. The SMILES string of the molecule is Cc1nsc(C(=O)NN2CCOCC2)c1Cl. The number of nitrogens with zero attached hydrogens (tertiary/aromatic N) is 2. The Morgan fingerprint density at radius 1 is 1.56 bits per heavy atom. The topological polar surface area (TPSA) is 54.5 Å². The Hall–Kier alpha value is -0.690. The lowest BCUT2D eigenvalue weighted by Gasteiger charge is -2.26. The van der Waals surface area contributed by atoms with Crippen molar-refractivity contribution >= 4 is 29.0 Å². The fourth-order valence-electron chi connectivity index (χ4n) is 1.37. The van der Waals surface area contributed by atoms with Crippen molar-refractivity contribution in [1.82, 2.24) is 14.8 Å². The number of hydrogen-bond donors (Lipinski definition) is 1. The van der Waals surface area contributed by atoms with E-state index in [0.29, 0.717) is 41.9 Å². The molecule has 1 aromatic heterocycles. The molecule has 2 heterocycles. The second-order valence-corrected chi connectivity index (χ2v) is 4.60. The molecule has 1 fully saturated rings. The molecular weight excluding hydrogens is 250 g/mol. The summed E-state index contributed by atoms with van der Waals surface area (Å²) < 4.78 is 9.22. The number of amides is 1. The number of hydrogen-bond acceptors (Lipinski definition) is 5. The summed E-state index contributed by atoms with van der Waals surface area (Å²) in [5.41, 5.74) is 3.48. The van der Waals surface area contributed by atoms with Crippen LogP contribution in [-0.4, -0.2) is 41.6 Å². The fourth-order valence-corrected chi connectivity index (χ4v) is 2.33. The minimum absolute atomic E-state index is 0.197. The lowest BCUT2D eigenvalue weighted by atomic mass is 10.4. The van der Waals surface area contributed by atoms with Gasteiger partial charge in [-0.15, -0.1) is 0 Å². The average molecular weight is 262 g/mol. The maximum atomic E-state index is 11.8. The number of nitrogens with one attached hydrogen (secondary N) is 1. The van der Waals surface area contributed by atoms with Gasteiger partial charge in [0, 0.05) is 13.1 Å². The fraction of sp³-hybridized carbons (Fsp3) is 0.556. The summed E-state index contributed by atoms with van der Waals surface area (Å²) in [7, 11) is 0. The second-order valence-electron chi connectivity index (χ2n) is 3.45. The molecule has 0 aromatic carbocycles. The van der Waals surface area contributed by atoms with Crippen molar-refractivity contribution in [3.63, 3.8) is 0 Å². The van der Waals surface area contributed by atoms with E-state index in [0.717, 1.165) is 11.5 Å². The Labute approximate surface area is 102 Å². The van der Waals surface area contributed by atoms with E-state index in [9.17, 15) is 4.79 Å². The predicted molar refractivity (Wildman–Crippen MR) is 61.7 cm³/mol. The molecule has 1 N–H and O–H groups in total. The van der Waals surface area contributed by atoms with Crippen molar-refractivity contribution in [3.8, 4) is 0 Å². The van der Waals surface area contributed by atoms with Gasteiger partial charge in [-0.25, -0.2) is 5.01 Å². The Morgan fingerprint density at radius 3 is 2.81 bits per heavy atom. The Kier molecular flexibility index (Phi) is 3.75. The number of morpholine rings is 1. The summed E-state index contributed by atoms with van der Waals surface area (Å²) in [6.07, 6.45) is 0. The van der Waals surface area contributed by atoms with Gasteiger partial charge in [0.25, 0.3) is 5.91 Å². The molecule has 0 spiro atoms. The van der Waals surface area contributed by atoms with Crippen LogP contribution in [0.5, 0.6) is 0 Å². The summed E-state index contributed by atoms with van der Waals surface area (Å²) in [4.78, 5) is 12.3. The summed E-state index contributed by atoms with van der Waals surface area (Å²) in [5, 5.41) is 2.27. The van der Waals surface area contributed by atoms with Crippen LogP contribution in [-0.2, 0) is 4.74 Å². The molecule has 16 heavy (non-hydrogen) atoms. The van der Waals surface area contributed by atoms with Crippen LogP contribution < -0.4 is 5.43 Å². The second kappa shape index (κ2) is 5.09. The highest BCUT2D eigenvalue weighted by Crippen LogP contribution is 2.23. The van der Waals surface area contributed by atoms with E-state index in [1.165, 1.54) is 0 Å². The molecule has 88 valence electrons. The van der Waals surface area contributed by atoms with Crippen molar-refractivity contribution < 1.29 is 9.53 Å². The molecule has 1 amide bonds. The van der Waals surface area contributed by atoms with Gasteiger partial charge >= 0.3 is 0 Å². The monoisotopic (exact) mass is 261 g/mol. The van der Waals surface area contributed by atoms with Gasteiger partial charge in [-0.2, -0.15) is 4.37 Å². The van der Waals surface area contributed by atoms with Gasteiger partial charge in [0.05, 0.1) is 23.9 Å². The van der Waals surface area contributed by atoms with Crippen LogP contribution in [0.25, 0.3) is 0 Å². The number of aromatic nitrogens is 1. The molecule has 0 bridgehead atoms. The Bertz CT molecular complexity index is 390. The molecule has 7 heteroatoms. The van der Waals surface area contributed by atoms with Crippen LogP contribution in [0.1, 0.15) is 15.4 Å². The highest BCUT2D eigenvalue weighted by Gasteiger charge is 2.19. The standard InChI is InChI=1S/C9H12ClN3O2S/c1-6-7(10)8(16-12-6)9(14)11-13-2-4-15-5-3-13/h2-5H2,1H3,(H,11,14). The summed E-state index contributed by atoms with van der Waals surface area (Å²) >= 11 is 7.09. The molecule has 1 saturated heterocycles. The number of carbonyl (C=O) groups excluding carboxylic acids is 1. The molecule has 5 nitrogen and oxygen atoms in total. The molecule has 0 unspecified atom stereocenters. The number of hydrazine groups is 1. The Balaban J connectivity index is 1.99. The third-order valence-corrected chi connectivity index (χ3v) is 3.78. The normalized spacial score (nSPS) is 17.4. The molecule has 1 aliphatic rings. The van der Waals surface area contributed by atoms with Crippen LogP contribution in [0.4, 0.5) is 0 Å². The first kappa shape index (κ1) is 11.8. The van der Waals surface area contributed by atoms with E-state index in [2.05, 4.69) is 9.80 Å². The number of rotatable bonds is 2. The predicted octanol–water partition coefficient (Wildman–Crippen LogP) is 1.08. The summed E-state index contributed by atoms with van der Waals surface area (Å²) in [6, 6.07) is 0. The summed E-state index contributed by atoms with van der Waals surface area (Å²) in [5.74, 6) is -0.197. The van der Waals surface area contributed by atoms with Crippen molar-refractivity contribution in [3.05, 3.63) is 15.6 Å². The van der Waals surface area contributed by atoms with E-state index in [1.807, 2.05) is 5.01 Å². The minimum Gasteiger partial charge on any atom is -0.379 e. The van der Waals surface area contributed by atoms with E-state index in [-0.39, 0.29) is 5.91 Å². The maximum absolute atomic E-state index is 11.8. The molecule has 1 aliphatic heterocycles. The Morgan fingerprint density at radius 2 is 2.25 bits per heavy atom. The largest absolute Gasteiger partial charge is 0.379 e. The van der Waals surface area contributed by atoms with Gasteiger partial charge in [-0.1, -0.05) is 11.6 Å². The van der Waals surface area contributed by atoms with Gasteiger partial charge in [-0.3, -0.25) is 10.2 Å². The van der Waals surface area contributed by atoms with Crippen molar-refractivity contribution in [2.24, 2.45) is 0 Å². The molecule has 0 atom stereocenters. The average Bonchev–Trinajstić information content (AvgIpc) is 2.61. The quantitative estimate of drug-likeness (QED) is 0.866. The first-order chi connectivity index (χ1) is 7.68. The minimum atomic E-state index is -0.197. The van der Waals surface area contributed by atoms with Gasteiger partial charge in [0.2, 0.25) is 0 Å². The van der Waals surface area contributed by atoms with Gasteiger partial charge in [0.1, 0.15) is 4.88 Å². The number of halogens is 1. The van der Waals surface area contributed by atoms with E-state index >= 15 is 0 Å². The molecular formula is C9H12ClN3O2S. The van der Waals surface area contributed by atoms with Crippen molar-refractivity contribution in [2.75, 3.05) is 26.3 Å². The zero-order valence-electron chi connectivity index (χ0n) is 8.83. The highest BCUT2D eigenvalue weighted by atomic mass is 35.5. The smallest absolute Gasteiger partial charge is 0.278 e. The van der Waals surface area contributed by atoms with Crippen LogP contribution >= 0.6 is 23.1 Å². The number of aryl methyl sites for hydroxylation is 1. The van der Waals surface area contributed by atoms with E-state index in [4.69, 9.17) is 16.3 Å². The zero-order valence-corrected chi connectivity index (χ0v) is 10.4. The van der Waals surface area contributed by atoms with Crippen molar-refractivity contribution in [2.45, 2.75) is 6.92 Å². The maximum Gasteiger partial charge on any atom is 0.278 e. The molecule has 2 rings (SSSR count). The molecule has 0 saturated carbocycles. The van der Waals surface area contributed by atoms with Crippen LogP contribution in [0.2, 0.25) is 5.02 Å². The van der Waals surface area contributed by atoms with E-state index in [1.54, 1.807) is 6.92 Å². The first-order valence-corrected chi connectivity index (χ1v) is 6.09. The van der Waals surface area contributed by atoms with Gasteiger partial charge in [-0.05, 0) is 18.5 Å². The number of ether oxygens (including phenoxy) is 1. The van der Waals surface area contributed by atoms with Crippen LogP contribution in [0.15, 0.2) is 0 Å². The first-order valence-electron chi connectivity index (χ1n) is 4.94. The molecule has 0 aliphatic carbocycles. The van der Waals surface area contributed by atoms with Crippen molar-refractivity contribution in [1.29, 1.82) is 0 Å². The van der Waals surface area contributed by atoms with Gasteiger partial charge < -0.3 is 4.74 Å². The van der Waals surface area contributed by atoms with Crippen LogP contribution in [0.3, 0.4) is 0 Å². The molecule has 1 aromatic rings. The van der Waals surface area contributed by atoms with E-state index < -0.39 is 0 Å². The zero-order chi connectivity index (χ0) is 11.5. The third kappa shape index (κ3) is 2.52. The lowest BCUT2D eigenvalue weighted by Crippen LogP contribution is -2.48. The lowest BCUT2D eigenvalue weighted by molar-refractivity contribution is 0.0127. The van der Waals surface area contributed by atoms with Gasteiger partial charge in [0.15, 0.2) is 0 Å².